The molecular formula is C28H31N6O6P. The van der Waals surface area contributed by atoms with Crippen molar-refractivity contribution in [2.24, 2.45) is 5.92 Å². The molecule has 0 radical (unpaired) electrons. The van der Waals surface area contributed by atoms with Crippen molar-refractivity contribution in [3.8, 4) is 0 Å². The second kappa shape index (κ2) is 13.2. The molecule has 0 saturated carbocycles. The highest BCUT2D eigenvalue weighted by molar-refractivity contribution is 7.48. The van der Waals surface area contributed by atoms with Gasteiger partial charge in [0.15, 0.2) is 11.5 Å². The van der Waals surface area contributed by atoms with Gasteiger partial charge in [-0.15, -0.1) is 0 Å². The third-order valence-electron chi connectivity index (χ3n) is 6.68. The van der Waals surface area contributed by atoms with Crippen LogP contribution in [0.5, 0.6) is 0 Å². The number of nitrogens with one attached hydrogen (secondary N) is 1. The second-order valence-corrected chi connectivity index (χ2v) is 11.0. The van der Waals surface area contributed by atoms with Crippen molar-refractivity contribution in [3.63, 3.8) is 0 Å². The van der Waals surface area contributed by atoms with Crippen molar-refractivity contribution in [3.05, 3.63) is 96.6 Å². The largest absolute Gasteiger partial charge is 0.529 e. The molecule has 1 aliphatic rings. The Morgan fingerprint density at radius 2 is 1.80 bits per heavy atom. The SMILES string of the molecule is Nc1ncnc2c1ncn2[C@@H]1C=C[C@H](COP(=O)(O)OC(=O)[C@H](Cc2ccccc2)NOCCc2ccccc2)C1. The van der Waals surface area contributed by atoms with Crippen molar-refractivity contribution >= 4 is 30.8 Å². The van der Waals surface area contributed by atoms with Crippen molar-refractivity contribution in [2.45, 2.75) is 31.3 Å². The van der Waals surface area contributed by atoms with E-state index >= 15 is 0 Å². The zero-order chi connectivity index (χ0) is 28.7. The maximum Gasteiger partial charge on any atom is 0.529 e. The first-order valence-electron chi connectivity index (χ1n) is 13.2. The summed E-state index contributed by atoms with van der Waals surface area (Å²) >= 11 is 0. The second-order valence-electron chi connectivity index (χ2n) is 9.65. The molecular weight excluding hydrogens is 547 g/mol. The maximum atomic E-state index is 13.0. The van der Waals surface area contributed by atoms with Crippen LogP contribution in [-0.2, 0) is 36.1 Å². The van der Waals surface area contributed by atoms with Crippen LogP contribution in [0.15, 0.2) is 85.5 Å². The number of aromatic nitrogens is 4. The number of carbonyl (C=O) groups is 1. The van der Waals surface area contributed by atoms with E-state index in [1.165, 1.54) is 6.33 Å². The molecule has 0 amide bonds. The molecule has 4 N–H and O–H groups in total. The molecule has 12 nitrogen and oxygen atoms in total. The van der Waals surface area contributed by atoms with Gasteiger partial charge in [-0.2, -0.15) is 5.48 Å². The van der Waals surface area contributed by atoms with Crippen LogP contribution >= 0.6 is 7.82 Å². The first-order valence-corrected chi connectivity index (χ1v) is 14.6. The van der Waals surface area contributed by atoms with Crippen molar-refractivity contribution in [1.29, 1.82) is 0 Å². The van der Waals surface area contributed by atoms with E-state index in [0.717, 1.165) is 11.1 Å². The molecule has 1 aliphatic carbocycles. The highest BCUT2D eigenvalue weighted by Gasteiger charge is 2.33. The van der Waals surface area contributed by atoms with Gasteiger partial charge in [-0.25, -0.2) is 24.3 Å². The van der Waals surface area contributed by atoms with Crippen LogP contribution in [0.2, 0.25) is 0 Å². The molecule has 0 spiro atoms. The van der Waals surface area contributed by atoms with E-state index in [1.807, 2.05) is 77.4 Å². The van der Waals surface area contributed by atoms with Gasteiger partial charge in [0.05, 0.1) is 25.6 Å². The predicted octanol–water partition coefficient (Wildman–Crippen LogP) is 3.56. The first-order chi connectivity index (χ1) is 19.9. The Morgan fingerprint density at radius 3 is 2.56 bits per heavy atom. The van der Waals surface area contributed by atoms with Gasteiger partial charge in [-0.1, -0.05) is 72.8 Å². The van der Waals surface area contributed by atoms with Gasteiger partial charge in [0.1, 0.15) is 17.9 Å². The van der Waals surface area contributed by atoms with Crippen molar-refractivity contribution in [2.75, 3.05) is 18.9 Å². The Labute approximate surface area is 236 Å². The standard InChI is InChI=1S/C28H31N6O6P/c29-26-25-27(31-18-30-26)34(19-32-25)23-12-11-22(15-23)17-39-41(36,37)40-28(35)24(16-21-9-5-2-6-10-21)33-38-14-13-20-7-3-1-4-8-20/h1-12,18-19,22-24,33H,13-17H2,(H,36,37)(H2,29,30,31)/t22-,23+,24-/m0/s1. The Kier molecular flexibility index (Phi) is 9.17. The summed E-state index contributed by atoms with van der Waals surface area (Å²) in [5.74, 6) is -0.864. The minimum atomic E-state index is -4.71. The number of phosphoric acid groups is 1. The van der Waals surface area contributed by atoms with Crippen LogP contribution in [0.25, 0.3) is 11.2 Å². The fourth-order valence-electron chi connectivity index (χ4n) is 4.58. The highest BCUT2D eigenvalue weighted by Crippen LogP contribution is 2.45. The number of nitrogens with zero attached hydrogens (tertiary/aromatic N) is 4. The van der Waals surface area contributed by atoms with Crippen LogP contribution in [0.3, 0.4) is 0 Å². The molecule has 0 bridgehead atoms. The van der Waals surface area contributed by atoms with Gasteiger partial charge in [0.2, 0.25) is 0 Å². The number of fused-ring (bicyclic) bond motifs is 1. The molecule has 5 rings (SSSR count). The van der Waals surface area contributed by atoms with Gasteiger partial charge < -0.3 is 19.7 Å². The summed E-state index contributed by atoms with van der Waals surface area (Å²) in [5, 5.41) is 0. The van der Waals surface area contributed by atoms with Crippen LogP contribution in [-0.4, -0.2) is 49.6 Å². The van der Waals surface area contributed by atoms with E-state index in [4.69, 9.17) is 19.6 Å². The lowest BCUT2D eigenvalue weighted by molar-refractivity contribution is -0.143. The molecule has 4 aromatic rings. The summed E-state index contributed by atoms with van der Waals surface area (Å²) in [7, 11) is -4.71. The average molecular weight is 579 g/mol. The fraction of sp³-hybridized carbons (Fsp3) is 0.286. The number of hydroxylamine groups is 1. The Balaban J connectivity index is 1.14. The summed E-state index contributed by atoms with van der Waals surface area (Å²) in [6.07, 6.45) is 8.20. The molecule has 2 heterocycles. The average Bonchev–Trinajstić information content (AvgIpc) is 3.62. The number of anilines is 1. The maximum absolute atomic E-state index is 13.0. The van der Waals surface area contributed by atoms with E-state index < -0.39 is 19.8 Å². The summed E-state index contributed by atoms with van der Waals surface area (Å²) < 4.78 is 24.8. The van der Waals surface area contributed by atoms with E-state index in [1.54, 1.807) is 6.33 Å². The van der Waals surface area contributed by atoms with Crippen LogP contribution in [0.4, 0.5) is 5.82 Å². The van der Waals surface area contributed by atoms with E-state index in [-0.39, 0.29) is 31.6 Å². The smallest absolute Gasteiger partial charge is 0.382 e. The van der Waals surface area contributed by atoms with Crippen LogP contribution in [0.1, 0.15) is 23.6 Å². The lowest BCUT2D eigenvalue weighted by atomic mass is 10.1. The zero-order valence-electron chi connectivity index (χ0n) is 22.2. The Morgan fingerprint density at radius 1 is 1.07 bits per heavy atom. The topological polar surface area (TPSA) is 164 Å². The summed E-state index contributed by atoms with van der Waals surface area (Å²) in [5.41, 5.74) is 11.6. The summed E-state index contributed by atoms with van der Waals surface area (Å²) in [6.45, 7) is 0.165. The Bertz CT molecular complexity index is 1530. The monoisotopic (exact) mass is 578 g/mol. The van der Waals surface area contributed by atoms with Crippen LogP contribution in [0, 0.1) is 5.92 Å². The van der Waals surface area contributed by atoms with Crippen LogP contribution < -0.4 is 11.2 Å². The Hall–Kier alpha value is -3.93. The molecule has 4 atom stereocenters. The molecule has 2 aromatic carbocycles. The molecule has 0 saturated heterocycles. The van der Waals surface area contributed by atoms with Gasteiger partial charge >= 0.3 is 13.8 Å². The number of rotatable bonds is 13. The lowest BCUT2D eigenvalue weighted by Crippen LogP contribution is -2.40. The zero-order valence-corrected chi connectivity index (χ0v) is 23.0. The van der Waals surface area contributed by atoms with Gasteiger partial charge in [0, 0.05) is 12.3 Å². The molecule has 1 unspecified atom stereocenters. The number of benzene rings is 2. The summed E-state index contributed by atoms with van der Waals surface area (Å²) in [6, 6.07) is 17.8. The van der Waals surface area contributed by atoms with Gasteiger partial charge in [-0.3, -0.25) is 9.42 Å². The van der Waals surface area contributed by atoms with Gasteiger partial charge in [0.25, 0.3) is 0 Å². The number of nitrogen functional groups attached to an aromatic ring is 1. The molecule has 214 valence electrons. The normalized spacial score (nSPS) is 18.8. The van der Waals surface area contributed by atoms with E-state index in [0.29, 0.717) is 29.8 Å². The fourth-order valence-corrected chi connectivity index (χ4v) is 5.37. The summed E-state index contributed by atoms with van der Waals surface area (Å²) in [4.78, 5) is 41.3. The molecule has 13 heteroatoms. The predicted molar refractivity (Wildman–Crippen MR) is 151 cm³/mol. The van der Waals surface area contributed by atoms with Crippen molar-refractivity contribution in [1.82, 2.24) is 25.0 Å². The lowest BCUT2D eigenvalue weighted by Gasteiger charge is -2.20. The third-order valence-corrected chi connectivity index (χ3v) is 7.57. The van der Waals surface area contributed by atoms with Crippen molar-refractivity contribution < 1.29 is 28.1 Å². The number of hydrogen-bond acceptors (Lipinski definition) is 10. The number of imidazole rings is 1. The number of nitrogens with two attached hydrogens (primary N) is 1. The number of hydrogen-bond donors (Lipinski definition) is 3. The highest BCUT2D eigenvalue weighted by atomic mass is 31.2. The van der Waals surface area contributed by atoms with E-state index in [2.05, 4.69) is 20.4 Å². The first kappa shape index (κ1) is 28.6. The molecule has 41 heavy (non-hydrogen) atoms. The quantitative estimate of drug-likeness (QED) is 0.0920. The number of allylic oxidation sites excluding steroid dienone is 1. The van der Waals surface area contributed by atoms with E-state index in [9.17, 15) is 14.3 Å². The minimum Gasteiger partial charge on any atom is -0.382 e. The molecule has 2 aromatic heterocycles. The molecule has 0 aliphatic heterocycles. The number of phosphoric ester groups is 1. The minimum absolute atomic E-state index is 0.101. The third kappa shape index (κ3) is 7.63. The molecule has 0 fully saturated rings. The van der Waals surface area contributed by atoms with Gasteiger partial charge in [-0.05, 0) is 24.0 Å². The number of carbonyl (C=O) groups excluding carboxylic acids is 1.